The molecule has 1 rings (SSSR count). The van der Waals surface area contributed by atoms with E-state index in [2.05, 4.69) is 111 Å². The third kappa shape index (κ3) is 56.6. The van der Waals surface area contributed by atoms with Gasteiger partial charge in [-0.05, 0) is 120 Å². The van der Waals surface area contributed by atoms with Crippen LogP contribution in [0.4, 0.5) is 0 Å². The summed E-state index contributed by atoms with van der Waals surface area (Å²) >= 11 is 0. The summed E-state index contributed by atoms with van der Waals surface area (Å²) < 4.78 is 24.4. The summed E-state index contributed by atoms with van der Waals surface area (Å²) in [5.41, 5.74) is 0. The molecule has 1 aliphatic rings. The van der Waals surface area contributed by atoms with E-state index in [0.717, 1.165) is 123 Å². The van der Waals surface area contributed by atoms with Gasteiger partial charge >= 0.3 is 0 Å². The fourth-order valence-electron chi connectivity index (χ4n) is 15.4. The maximum Gasteiger partial charge on any atom is 0.104 e. The minimum Gasteiger partial charge on any atom is -0.394 e. The van der Waals surface area contributed by atoms with E-state index in [-0.39, 0.29) is 25.4 Å². The third-order valence-electron chi connectivity index (χ3n) is 23.5. The molecule has 1 unspecified atom stereocenters. The maximum atomic E-state index is 10.0. The maximum absolute atomic E-state index is 10.0. The van der Waals surface area contributed by atoms with Crippen LogP contribution in [0.1, 0.15) is 393 Å². The lowest BCUT2D eigenvalue weighted by atomic mass is 9.88. The second kappa shape index (κ2) is 60.7. The number of hydrogen-bond donors (Lipinski definition) is 2. The van der Waals surface area contributed by atoms with Gasteiger partial charge in [0, 0.05) is 26.4 Å². The first-order chi connectivity index (χ1) is 44.2. The zero-order chi connectivity index (χ0) is 68.0. The van der Waals surface area contributed by atoms with E-state index in [9.17, 15) is 10.2 Å². The SMILES string of the molecule is C[C@@H]1CCC[C@H](C)CCC[C@H](C)CCOCC(CO)OCC[C@@H](C)CCC[C@@H](C)CCC[C@@H](C)CCC[C@@H](C)CC[C@H](C)CCC[C@H](C)CCC[C@H](C)CCC[C@H](C)CCOC[C@H](CO)OCC[C@@H](C)CCC[C@@H](C)CCC[C@H](C)CCC[C@@H](C)CC[C@H](C)CCC1. The molecular formula is C86H172O6. The monoisotopic (exact) mass is 1300 g/mol. The van der Waals surface area contributed by atoms with Gasteiger partial charge in [0.15, 0.2) is 0 Å². The number of aliphatic hydroxyl groups excluding tert-OH is 2. The molecule has 0 aromatic heterocycles. The van der Waals surface area contributed by atoms with E-state index in [1.165, 1.54) is 257 Å². The van der Waals surface area contributed by atoms with Crippen molar-refractivity contribution in [3.05, 3.63) is 0 Å². The predicted molar refractivity (Wildman–Crippen MR) is 405 cm³/mol. The van der Waals surface area contributed by atoms with Gasteiger partial charge in [0.1, 0.15) is 12.2 Å². The lowest BCUT2D eigenvalue weighted by Gasteiger charge is -2.19. The average Bonchev–Trinajstić information content (AvgIpc) is 3.74. The Balaban J connectivity index is 2.51. The molecule has 6 heteroatoms. The summed E-state index contributed by atoms with van der Waals surface area (Å²) in [4.78, 5) is 0. The molecule has 0 amide bonds. The van der Waals surface area contributed by atoms with Crippen molar-refractivity contribution in [2.75, 3.05) is 52.9 Å². The van der Waals surface area contributed by atoms with Crippen molar-refractivity contribution in [1.82, 2.24) is 0 Å². The van der Waals surface area contributed by atoms with Gasteiger partial charge in [-0.25, -0.2) is 0 Å². The lowest BCUT2D eigenvalue weighted by Crippen LogP contribution is -2.25. The summed E-state index contributed by atoms with van der Waals surface area (Å²) in [5.74, 6) is 12.9. The molecule has 1 saturated heterocycles. The highest BCUT2D eigenvalue weighted by atomic mass is 16.5. The summed E-state index contributed by atoms with van der Waals surface area (Å²) in [7, 11) is 0. The first kappa shape index (κ1) is 89.8. The van der Waals surface area contributed by atoms with Crippen LogP contribution in [0.5, 0.6) is 0 Å². The second-order valence-electron chi connectivity index (χ2n) is 34.7. The van der Waals surface area contributed by atoms with Crippen molar-refractivity contribution in [3.8, 4) is 0 Å². The molecule has 92 heavy (non-hydrogen) atoms. The van der Waals surface area contributed by atoms with Gasteiger partial charge in [-0.15, -0.1) is 0 Å². The molecule has 1 heterocycles. The van der Waals surface area contributed by atoms with Crippen LogP contribution in [-0.2, 0) is 18.9 Å². The standard InChI is InChI=1S/C86H172O6/c1-69-29-17-33-73(5)41-25-49-81(13)57-61-89-67-85(65-87)91-63-59-83(15)52-28-44-76(8)36-20-32-72(4)40-24-48-80(12)56-54-78(10)46-22-38-70(2)30-18-34-74(6)42-26-50-82(14)58-62-90-68-86(66-88)92-64-60-84(16)51-27-43-75(7)35-19-31-71(3)39-23-47-79(11)55-53-77(9)45-21-37-69/h69-88H,17-68H2,1-16H3/t69-,70-,71-,72+,73+,74+,75+,76+,77-,78-,79-,80-,81+,82+,83+,84+,85+,86?/m1/s1. The summed E-state index contributed by atoms with van der Waals surface area (Å²) in [6, 6.07) is 0. The highest BCUT2D eigenvalue weighted by Crippen LogP contribution is 2.31. The van der Waals surface area contributed by atoms with Crippen LogP contribution in [0.15, 0.2) is 0 Å². The quantitative estimate of drug-likeness (QED) is 0.287. The molecule has 0 aliphatic carbocycles. The van der Waals surface area contributed by atoms with Crippen molar-refractivity contribution in [2.24, 2.45) is 94.7 Å². The third-order valence-corrected chi connectivity index (χ3v) is 23.5. The van der Waals surface area contributed by atoms with Crippen LogP contribution in [0.3, 0.4) is 0 Å². The smallest absolute Gasteiger partial charge is 0.104 e. The molecule has 18 atom stereocenters. The lowest BCUT2D eigenvalue weighted by molar-refractivity contribution is -0.0471. The molecule has 552 valence electrons. The van der Waals surface area contributed by atoms with E-state index < -0.39 is 0 Å². The summed E-state index contributed by atoms with van der Waals surface area (Å²) in [5, 5.41) is 20.1. The Morgan fingerprint density at radius 1 is 0.185 bits per heavy atom. The van der Waals surface area contributed by atoms with Gasteiger partial charge in [-0.3, -0.25) is 0 Å². The Kier molecular flexibility index (Phi) is 59.2. The fourth-order valence-corrected chi connectivity index (χ4v) is 15.4. The molecule has 0 aromatic carbocycles. The largest absolute Gasteiger partial charge is 0.394 e. The number of rotatable bonds is 2. The molecule has 0 bridgehead atoms. The van der Waals surface area contributed by atoms with Crippen LogP contribution < -0.4 is 0 Å². The van der Waals surface area contributed by atoms with Crippen LogP contribution in [0, 0.1) is 94.7 Å². The molecule has 0 spiro atoms. The van der Waals surface area contributed by atoms with E-state index in [4.69, 9.17) is 18.9 Å². The van der Waals surface area contributed by atoms with Crippen molar-refractivity contribution < 1.29 is 29.2 Å². The normalized spacial score (nSPS) is 36.1. The molecule has 0 radical (unpaired) electrons. The van der Waals surface area contributed by atoms with Crippen LogP contribution in [0.25, 0.3) is 0 Å². The van der Waals surface area contributed by atoms with Gasteiger partial charge in [-0.2, -0.15) is 0 Å². The summed E-state index contributed by atoms with van der Waals surface area (Å²) in [6.07, 6.45) is 59.0. The van der Waals surface area contributed by atoms with Crippen molar-refractivity contribution >= 4 is 0 Å². The number of hydrogen-bond acceptors (Lipinski definition) is 6. The summed E-state index contributed by atoms with van der Waals surface area (Å²) in [6.45, 7) is 43.7. The highest BCUT2D eigenvalue weighted by molar-refractivity contribution is 4.70. The molecule has 6 nitrogen and oxygen atoms in total. The van der Waals surface area contributed by atoms with Crippen molar-refractivity contribution in [1.29, 1.82) is 0 Å². The Morgan fingerprint density at radius 3 is 0.467 bits per heavy atom. The Labute approximate surface area is 579 Å². The Hall–Kier alpha value is -0.240. The van der Waals surface area contributed by atoms with E-state index in [1.54, 1.807) is 0 Å². The Bertz CT molecular complexity index is 1410. The molecule has 2 N–H and O–H groups in total. The first-order valence-corrected chi connectivity index (χ1v) is 41.8. The first-order valence-electron chi connectivity index (χ1n) is 41.8. The topological polar surface area (TPSA) is 77.4 Å². The van der Waals surface area contributed by atoms with Crippen molar-refractivity contribution in [3.63, 3.8) is 0 Å². The van der Waals surface area contributed by atoms with Crippen molar-refractivity contribution in [2.45, 2.75) is 406 Å². The number of ether oxygens (including phenoxy) is 4. The molecule has 0 aromatic rings. The van der Waals surface area contributed by atoms with Gasteiger partial charge in [-0.1, -0.05) is 368 Å². The van der Waals surface area contributed by atoms with Gasteiger partial charge < -0.3 is 29.2 Å². The van der Waals surface area contributed by atoms with E-state index in [0.29, 0.717) is 36.9 Å². The average molecular weight is 1300 g/mol. The molecular weight excluding hydrogens is 1130 g/mol. The van der Waals surface area contributed by atoms with Gasteiger partial charge in [0.2, 0.25) is 0 Å². The molecule has 1 fully saturated rings. The predicted octanol–water partition coefficient (Wildman–Crippen LogP) is 26.1. The molecule has 1 aliphatic heterocycles. The zero-order valence-corrected chi connectivity index (χ0v) is 65.7. The highest BCUT2D eigenvalue weighted by Gasteiger charge is 2.18. The van der Waals surface area contributed by atoms with E-state index in [1.807, 2.05) is 0 Å². The van der Waals surface area contributed by atoms with Gasteiger partial charge in [0.25, 0.3) is 0 Å². The minimum absolute atomic E-state index is 0.0415. The van der Waals surface area contributed by atoms with Crippen LogP contribution in [0.2, 0.25) is 0 Å². The fraction of sp³-hybridized carbons (Fsp3) is 1.00. The van der Waals surface area contributed by atoms with Gasteiger partial charge in [0.05, 0.1) is 26.4 Å². The van der Waals surface area contributed by atoms with Crippen LogP contribution in [-0.4, -0.2) is 75.3 Å². The zero-order valence-electron chi connectivity index (χ0n) is 65.7. The minimum atomic E-state index is -0.203. The number of aliphatic hydroxyl groups is 2. The second-order valence-corrected chi connectivity index (χ2v) is 34.7. The van der Waals surface area contributed by atoms with Crippen LogP contribution >= 0.6 is 0 Å². The molecule has 0 saturated carbocycles. The van der Waals surface area contributed by atoms with E-state index >= 15 is 0 Å². The Morgan fingerprint density at radius 2 is 0.315 bits per heavy atom.